The first-order chi connectivity index (χ1) is 9.40. The van der Waals surface area contributed by atoms with Crippen LogP contribution in [0.2, 0.25) is 0 Å². The van der Waals surface area contributed by atoms with Crippen molar-refractivity contribution in [1.82, 2.24) is 10.2 Å². The second-order valence-corrected chi connectivity index (χ2v) is 5.88. The summed E-state index contributed by atoms with van der Waals surface area (Å²) in [5, 5.41) is 11.5. The maximum absolute atomic E-state index is 5.81. The number of hydrogen-bond donors (Lipinski definition) is 2. The third-order valence-corrected chi connectivity index (χ3v) is 4.19. The Kier molecular flexibility index (Phi) is 4.35. The molecule has 0 fully saturated rings. The molecular weight excluding hydrogens is 336 g/mol. The lowest BCUT2D eigenvalue weighted by atomic mass is 10.1. The number of aryl methyl sites for hydroxylation is 2. The maximum Gasteiger partial charge on any atom is 0.163 e. The SMILES string of the molecule is Cc1ccc(Nc2nnc(C)c(C)c2C(N)=S)cc1Br. The van der Waals surface area contributed by atoms with Gasteiger partial charge in [-0.05, 0) is 44.0 Å². The normalized spacial score (nSPS) is 10.4. The van der Waals surface area contributed by atoms with Gasteiger partial charge in [0.2, 0.25) is 0 Å². The first kappa shape index (κ1) is 14.9. The summed E-state index contributed by atoms with van der Waals surface area (Å²) in [7, 11) is 0. The Hall–Kier alpha value is -1.53. The van der Waals surface area contributed by atoms with Gasteiger partial charge in [-0.25, -0.2) is 0 Å². The van der Waals surface area contributed by atoms with Crippen molar-refractivity contribution in [3.05, 3.63) is 45.1 Å². The molecule has 6 heteroatoms. The van der Waals surface area contributed by atoms with Crippen LogP contribution in [0.25, 0.3) is 0 Å². The van der Waals surface area contributed by atoms with Crippen LogP contribution in [-0.2, 0) is 0 Å². The molecule has 1 aromatic carbocycles. The van der Waals surface area contributed by atoms with Crippen molar-refractivity contribution in [2.75, 3.05) is 5.32 Å². The molecule has 0 aliphatic carbocycles. The molecule has 0 aliphatic rings. The van der Waals surface area contributed by atoms with Crippen LogP contribution in [-0.4, -0.2) is 15.2 Å². The summed E-state index contributed by atoms with van der Waals surface area (Å²) in [5.74, 6) is 0.580. The number of nitrogens with one attached hydrogen (secondary N) is 1. The molecule has 0 spiro atoms. The average Bonchev–Trinajstić information content (AvgIpc) is 2.38. The smallest absolute Gasteiger partial charge is 0.163 e. The molecule has 2 aromatic rings. The number of hydrogen-bond acceptors (Lipinski definition) is 4. The summed E-state index contributed by atoms with van der Waals surface area (Å²) in [6.45, 7) is 5.86. The molecule has 0 saturated heterocycles. The van der Waals surface area contributed by atoms with Crippen LogP contribution >= 0.6 is 28.1 Å². The highest BCUT2D eigenvalue weighted by Gasteiger charge is 2.14. The standard InChI is InChI=1S/C14H15BrN4S/c1-7-4-5-10(6-11(7)15)17-14-12(13(16)20)8(2)9(3)18-19-14/h4-6H,1-3H3,(H2,16,20)(H,17,19). The second kappa shape index (κ2) is 5.85. The fourth-order valence-electron chi connectivity index (χ4n) is 1.80. The van der Waals surface area contributed by atoms with Crippen molar-refractivity contribution in [3.63, 3.8) is 0 Å². The Morgan fingerprint density at radius 1 is 1.25 bits per heavy atom. The minimum absolute atomic E-state index is 0.314. The Morgan fingerprint density at radius 3 is 2.55 bits per heavy atom. The number of nitrogens with two attached hydrogens (primary N) is 1. The molecule has 1 aromatic heterocycles. The molecule has 3 N–H and O–H groups in total. The lowest BCUT2D eigenvalue weighted by Crippen LogP contribution is -2.16. The van der Waals surface area contributed by atoms with E-state index in [1.165, 1.54) is 0 Å². The Morgan fingerprint density at radius 2 is 1.95 bits per heavy atom. The molecule has 0 bridgehead atoms. The molecule has 0 aliphatic heterocycles. The van der Waals surface area contributed by atoms with Crippen LogP contribution in [0, 0.1) is 20.8 Å². The third-order valence-electron chi connectivity index (χ3n) is 3.14. The van der Waals surface area contributed by atoms with E-state index in [2.05, 4.69) is 31.4 Å². The number of rotatable bonds is 3. The van der Waals surface area contributed by atoms with E-state index in [0.29, 0.717) is 10.8 Å². The van der Waals surface area contributed by atoms with Crippen LogP contribution in [0.1, 0.15) is 22.4 Å². The van der Waals surface area contributed by atoms with E-state index in [-0.39, 0.29) is 0 Å². The predicted molar refractivity (Wildman–Crippen MR) is 89.6 cm³/mol. The van der Waals surface area contributed by atoms with Gasteiger partial charge in [0, 0.05) is 10.2 Å². The second-order valence-electron chi connectivity index (χ2n) is 4.59. The first-order valence-electron chi connectivity index (χ1n) is 6.07. The number of halogens is 1. The highest BCUT2D eigenvalue weighted by molar-refractivity contribution is 9.10. The average molecular weight is 351 g/mol. The molecular formula is C14H15BrN4S. The largest absolute Gasteiger partial charge is 0.389 e. The van der Waals surface area contributed by atoms with Gasteiger partial charge in [-0.3, -0.25) is 0 Å². The molecule has 104 valence electrons. The van der Waals surface area contributed by atoms with Gasteiger partial charge < -0.3 is 11.1 Å². The Labute approximate surface area is 131 Å². The van der Waals surface area contributed by atoms with E-state index >= 15 is 0 Å². The summed E-state index contributed by atoms with van der Waals surface area (Å²) >= 11 is 8.63. The molecule has 20 heavy (non-hydrogen) atoms. The minimum atomic E-state index is 0.314. The van der Waals surface area contributed by atoms with Gasteiger partial charge in [0.1, 0.15) is 4.99 Å². The highest BCUT2D eigenvalue weighted by Crippen LogP contribution is 2.25. The van der Waals surface area contributed by atoms with Crippen molar-refractivity contribution in [3.8, 4) is 0 Å². The van der Waals surface area contributed by atoms with Crippen molar-refractivity contribution in [2.24, 2.45) is 5.73 Å². The fourth-order valence-corrected chi connectivity index (χ4v) is 2.43. The van der Waals surface area contributed by atoms with E-state index in [4.69, 9.17) is 18.0 Å². The van der Waals surface area contributed by atoms with Gasteiger partial charge >= 0.3 is 0 Å². The van der Waals surface area contributed by atoms with Gasteiger partial charge in [-0.15, -0.1) is 5.10 Å². The number of aromatic nitrogens is 2. The third kappa shape index (κ3) is 2.96. The summed E-state index contributed by atoms with van der Waals surface area (Å²) < 4.78 is 1.02. The van der Waals surface area contributed by atoms with Crippen molar-refractivity contribution in [2.45, 2.75) is 20.8 Å². The molecule has 1 heterocycles. The number of thiocarbonyl (C=S) groups is 1. The molecule has 4 nitrogen and oxygen atoms in total. The van der Waals surface area contributed by atoms with Crippen LogP contribution in [0.15, 0.2) is 22.7 Å². The van der Waals surface area contributed by atoms with E-state index < -0.39 is 0 Å². The van der Waals surface area contributed by atoms with E-state index in [1.807, 2.05) is 39.0 Å². The monoisotopic (exact) mass is 350 g/mol. The zero-order valence-electron chi connectivity index (χ0n) is 11.5. The molecule has 0 radical (unpaired) electrons. The molecule has 2 rings (SSSR count). The van der Waals surface area contributed by atoms with E-state index in [9.17, 15) is 0 Å². The van der Waals surface area contributed by atoms with Crippen LogP contribution in [0.4, 0.5) is 11.5 Å². The minimum Gasteiger partial charge on any atom is -0.389 e. The summed E-state index contributed by atoms with van der Waals surface area (Å²) in [4.78, 5) is 0.314. The number of anilines is 2. The van der Waals surface area contributed by atoms with Crippen molar-refractivity contribution >= 4 is 44.6 Å². The van der Waals surface area contributed by atoms with Gasteiger partial charge in [0.15, 0.2) is 5.82 Å². The van der Waals surface area contributed by atoms with Crippen LogP contribution in [0.5, 0.6) is 0 Å². The zero-order valence-corrected chi connectivity index (χ0v) is 13.9. The van der Waals surface area contributed by atoms with Gasteiger partial charge in [0.25, 0.3) is 0 Å². The Bertz CT molecular complexity index is 685. The molecule has 0 atom stereocenters. The van der Waals surface area contributed by atoms with Gasteiger partial charge in [0.05, 0.1) is 11.3 Å². The predicted octanol–water partition coefficient (Wildman–Crippen LogP) is 3.54. The van der Waals surface area contributed by atoms with Gasteiger partial charge in [-0.1, -0.05) is 34.2 Å². The number of nitrogens with zero attached hydrogens (tertiary/aromatic N) is 2. The summed E-state index contributed by atoms with van der Waals surface area (Å²) in [6, 6.07) is 5.97. The molecule has 0 unspecified atom stereocenters. The fraction of sp³-hybridized carbons (Fsp3) is 0.214. The quantitative estimate of drug-likeness (QED) is 0.828. The Balaban J connectivity index is 2.45. The summed E-state index contributed by atoms with van der Waals surface area (Å²) in [6.07, 6.45) is 0. The lowest BCUT2D eigenvalue weighted by Gasteiger charge is -2.13. The van der Waals surface area contributed by atoms with E-state index in [1.54, 1.807) is 0 Å². The summed E-state index contributed by atoms with van der Waals surface area (Å²) in [5.41, 5.74) is 10.4. The highest BCUT2D eigenvalue weighted by atomic mass is 79.9. The zero-order chi connectivity index (χ0) is 14.9. The lowest BCUT2D eigenvalue weighted by molar-refractivity contribution is 0.963. The van der Waals surface area contributed by atoms with Crippen molar-refractivity contribution < 1.29 is 0 Å². The molecule has 0 amide bonds. The van der Waals surface area contributed by atoms with Crippen LogP contribution in [0.3, 0.4) is 0 Å². The van der Waals surface area contributed by atoms with Crippen molar-refractivity contribution in [1.29, 1.82) is 0 Å². The maximum atomic E-state index is 5.81. The van der Waals surface area contributed by atoms with Crippen LogP contribution < -0.4 is 11.1 Å². The first-order valence-corrected chi connectivity index (χ1v) is 7.27. The van der Waals surface area contributed by atoms with Gasteiger partial charge in [-0.2, -0.15) is 5.10 Å². The molecule has 0 saturated carbocycles. The number of benzene rings is 1. The van der Waals surface area contributed by atoms with E-state index in [0.717, 1.165) is 32.5 Å². The topological polar surface area (TPSA) is 63.8 Å².